The number of hydrogen-bond acceptors (Lipinski definition) is 6. The molecular weight excluding hydrogens is 300 g/mol. The van der Waals surface area contributed by atoms with Crippen molar-refractivity contribution in [1.29, 1.82) is 0 Å². The molecule has 6 nitrogen and oxygen atoms in total. The fourth-order valence-corrected chi connectivity index (χ4v) is 2.41. The van der Waals surface area contributed by atoms with E-state index in [2.05, 4.69) is 36.2 Å². The van der Waals surface area contributed by atoms with Crippen molar-refractivity contribution in [2.45, 2.75) is 13.0 Å². The third kappa shape index (κ3) is 4.25. The van der Waals surface area contributed by atoms with Crippen molar-refractivity contribution < 1.29 is 0 Å². The molecule has 0 atom stereocenters. The number of rotatable bonds is 7. The predicted molar refractivity (Wildman–Crippen MR) is 94.8 cm³/mol. The average molecular weight is 320 g/mol. The zero-order chi connectivity index (χ0) is 16.6. The summed E-state index contributed by atoms with van der Waals surface area (Å²) < 4.78 is 0. The Morgan fingerprint density at radius 2 is 1.67 bits per heavy atom. The van der Waals surface area contributed by atoms with E-state index in [0.29, 0.717) is 12.5 Å². The Kier molecular flexibility index (Phi) is 5.29. The van der Waals surface area contributed by atoms with Gasteiger partial charge in [-0.15, -0.1) is 0 Å². The molecule has 0 fully saturated rings. The summed E-state index contributed by atoms with van der Waals surface area (Å²) in [7, 11) is 2.05. The zero-order valence-electron chi connectivity index (χ0n) is 13.6. The van der Waals surface area contributed by atoms with Gasteiger partial charge >= 0.3 is 0 Å². The van der Waals surface area contributed by atoms with Gasteiger partial charge in [-0.1, -0.05) is 12.1 Å². The third-order valence-corrected chi connectivity index (χ3v) is 3.66. The molecule has 24 heavy (non-hydrogen) atoms. The standard InChI is InChI=1S/C18H20N6/c1-24(13-8-16-7-2-3-9-19-16)17-15(6-4-10-20-17)14-23-18-21-11-5-12-22-18/h2-7,9-12H,8,13-14H2,1H3,(H,21,22,23). The predicted octanol–water partition coefficient (Wildman–Crippen LogP) is 2.56. The van der Waals surface area contributed by atoms with Gasteiger partial charge in [0, 0.05) is 62.6 Å². The van der Waals surface area contributed by atoms with Gasteiger partial charge in [-0.25, -0.2) is 15.0 Å². The lowest BCUT2D eigenvalue weighted by Crippen LogP contribution is -2.23. The van der Waals surface area contributed by atoms with Crippen LogP contribution in [0, 0.1) is 0 Å². The Labute approximate surface area is 141 Å². The maximum absolute atomic E-state index is 4.53. The molecule has 0 bridgehead atoms. The van der Waals surface area contributed by atoms with Gasteiger partial charge in [-0.05, 0) is 24.3 Å². The van der Waals surface area contributed by atoms with Crippen molar-refractivity contribution in [3.63, 3.8) is 0 Å². The topological polar surface area (TPSA) is 66.8 Å². The highest BCUT2D eigenvalue weighted by molar-refractivity contribution is 5.47. The van der Waals surface area contributed by atoms with Crippen molar-refractivity contribution in [2.24, 2.45) is 0 Å². The molecule has 122 valence electrons. The summed E-state index contributed by atoms with van der Waals surface area (Å²) in [5.74, 6) is 1.57. The van der Waals surface area contributed by atoms with Gasteiger partial charge in [0.25, 0.3) is 0 Å². The highest BCUT2D eigenvalue weighted by Crippen LogP contribution is 2.17. The lowest BCUT2D eigenvalue weighted by Gasteiger charge is -2.21. The Bertz CT molecular complexity index is 748. The second-order valence-electron chi connectivity index (χ2n) is 5.40. The van der Waals surface area contributed by atoms with E-state index in [0.717, 1.165) is 30.0 Å². The van der Waals surface area contributed by atoms with Gasteiger partial charge in [-0.3, -0.25) is 4.98 Å². The van der Waals surface area contributed by atoms with E-state index >= 15 is 0 Å². The van der Waals surface area contributed by atoms with Crippen molar-refractivity contribution in [2.75, 3.05) is 23.8 Å². The third-order valence-electron chi connectivity index (χ3n) is 3.66. The van der Waals surface area contributed by atoms with Gasteiger partial charge in [0.2, 0.25) is 5.95 Å². The molecule has 0 unspecified atom stereocenters. The smallest absolute Gasteiger partial charge is 0.222 e. The second-order valence-corrected chi connectivity index (χ2v) is 5.40. The van der Waals surface area contributed by atoms with Crippen LogP contribution in [0.1, 0.15) is 11.3 Å². The molecule has 0 aromatic carbocycles. The van der Waals surface area contributed by atoms with Crippen LogP contribution >= 0.6 is 0 Å². The van der Waals surface area contributed by atoms with Crippen LogP contribution in [0.25, 0.3) is 0 Å². The highest BCUT2D eigenvalue weighted by atomic mass is 15.2. The van der Waals surface area contributed by atoms with Crippen LogP contribution in [0.2, 0.25) is 0 Å². The van der Waals surface area contributed by atoms with Crippen LogP contribution in [0.3, 0.4) is 0 Å². The van der Waals surface area contributed by atoms with Crippen molar-refractivity contribution in [1.82, 2.24) is 19.9 Å². The molecule has 0 aliphatic heterocycles. The van der Waals surface area contributed by atoms with E-state index < -0.39 is 0 Å². The molecule has 3 heterocycles. The molecule has 0 radical (unpaired) electrons. The molecule has 1 N–H and O–H groups in total. The van der Waals surface area contributed by atoms with E-state index in [1.807, 2.05) is 43.7 Å². The van der Waals surface area contributed by atoms with Crippen molar-refractivity contribution >= 4 is 11.8 Å². The number of nitrogens with one attached hydrogen (secondary N) is 1. The van der Waals surface area contributed by atoms with Crippen LogP contribution < -0.4 is 10.2 Å². The van der Waals surface area contributed by atoms with E-state index in [1.165, 1.54) is 0 Å². The summed E-state index contributed by atoms with van der Waals surface area (Å²) in [5.41, 5.74) is 2.19. The van der Waals surface area contributed by atoms with Gasteiger partial charge in [0.1, 0.15) is 5.82 Å². The summed E-state index contributed by atoms with van der Waals surface area (Å²) in [6.45, 7) is 1.48. The molecule has 0 amide bonds. The lowest BCUT2D eigenvalue weighted by atomic mass is 10.2. The summed E-state index contributed by atoms with van der Waals surface area (Å²) in [6.07, 6.45) is 7.96. The van der Waals surface area contributed by atoms with Crippen LogP contribution in [0.5, 0.6) is 0 Å². The summed E-state index contributed by atoms with van der Waals surface area (Å²) >= 11 is 0. The number of aromatic nitrogens is 4. The molecule has 0 saturated heterocycles. The van der Waals surface area contributed by atoms with E-state index in [4.69, 9.17) is 0 Å². The molecule has 0 aliphatic rings. The van der Waals surface area contributed by atoms with Gasteiger partial charge < -0.3 is 10.2 Å². The molecule has 6 heteroatoms. The largest absolute Gasteiger partial charge is 0.359 e. The maximum atomic E-state index is 4.53. The van der Waals surface area contributed by atoms with Crippen molar-refractivity contribution in [3.05, 3.63) is 72.4 Å². The lowest BCUT2D eigenvalue weighted by molar-refractivity contribution is 0.830. The number of likely N-dealkylation sites (N-methyl/N-ethyl adjacent to an activating group) is 1. The normalized spacial score (nSPS) is 10.4. The molecular formula is C18H20N6. The minimum Gasteiger partial charge on any atom is -0.359 e. The van der Waals surface area contributed by atoms with Gasteiger partial charge in [0.15, 0.2) is 0 Å². The fourth-order valence-electron chi connectivity index (χ4n) is 2.41. The van der Waals surface area contributed by atoms with Crippen molar-refractivity contribution in [3.8, 4) is 0 Å². The van der Waals surface area contributed by atoms with Crippen LogP contribution in [-0.4, -0.2) is 33.5 Å². The quantitative estimate of drug-likeness (QED) is 0.722. The Morgan fingerprint density at radius 3 is 2.46 bits per heavy atom. The average Bonchev–Trinajstić information content (AvgIpc) is 2.66. The summed E-state index contributed by atoms with van der Waals surface area (Å²) in [4.78, 5) is 19.4. The van der Waals surface area contributed by atoms with E-state index in [9.17, 15) is 0 Å². The van der Waals surface area contributed by atoms with E-state index in [-0.39, 0.29) is 0 Å². The molecule has 0 aliphatic carbocycles. The molecule has 0 saturated carbocycles. The first-order valence-electron chi connectivity index (χ1n) is 7.89. The molecule has 3 aromatic rings. The Morgan fingerprint density at radius 1 is 0.875 bits per heavy atom. The first kappa shape index (κ1) is 15.9. The minimum absolute atomic E-state index is 0.614. The molecule has 0 spiro atoms. The summed E-state index contributed by atoms with van der Waals surface area (Å²) in [5, 5.41) is 3.23. The van der Waals surface area contributed by atoms with E-state index in [1.54, 1.807) is 18.5 Å². The first-order valence-corrected chi connectivity index (χ1v) is 7.89. The summed E-state index contributed by atoms with van der Waals surface area (Å²) in [6, 6.07) is 11.8. The second kappa shape index (κ2) is 8.01. The maximum Gasteiger partial charge on any atom is 0.222 e. The van der Waals surface area contributed by atoms with Crippen LogP contribution in [-0.2, 0) is 13.0 Å². The van der Waals surface area contributed by atoms with Crippen LogP contribution in [0.15, 0.2) is 61.2 Å². The highest BCUT2D eigenvalue weighted by Gasteiger charge is 2.09. The monoisotopic (exact) mass is 320 g/mol. The SMILES string of the molecule is CN(CCc1ccccn1)c1ncccc1CNc1ncccn1. The number of hydrogen-bond donors (Lipinski definition) is 1. The zero-order valence-corrected chi connectivity index (χ0v) is 13.6. The van der Waals surface area contributed by atoms with Gasteiger partial charge in [-0.2, -0.15) is 0 Å². The van der Waals surface area contributed by atoms with Crippen LogP contribution in [0.4, 0.5) is 11.8 Å². The first-order chi connectivity index (χ1) is 11.8. The molecule has 3 rings (SSSR count). The Balaban J connectivity index is 1.64. The van der Waals surface area contributed by atoms with Gasteiger partial charge in [0.05, 0.1) is 0 Å². The Hall–Kier alpha value is -3.02. The fraction of sp³-hybridized carbons (Fsp3) is 0.222. The number of nitrogens with zero attached hydrogens (tertiary/aromatic N) is 5. The minimum atomic E-state index is 0.614. The molecule has 3 aromatic heterocycles. The number of anilines is 2. The number of pyridine rings is 2.